The second-order valence-corrected chi connectivity index (χ2v) is 4.88. The van der Waals surface area contributed by atoms with Gasteiger partial charge in [-0.15, -0.1) is 0 Å². The first-order valence-electron chi connectivity index (χ1n) is 6.30. The van der Waals surface area contributed by atoms with E-state index >= 15 is 0 Å². The van der Waals surface area contributed by atoms with Crippen LogP contribution in [0.5, 0.6) is 0 Å². The Morgan fingerprint density at radius 3 is 2.95 bits per heavy atom. The third-order valence-electron chi connectivity index (χ3n) is 3.27. The number of nitrogens with zero attached hydrogens (tertiary/aromatic N) is 4. The molecule has 1 N–H and O–H groups in total. The molecule has 19 heavy (non-hydrogen) atoms. The van der Waals surface area contributed by atoms with Crippen molar-refractivity contribution in [3.05, 3.63) is 11.5 Å². The van der Waals surface area contributed by atoms with Gasteiger partial charge in [0.2, 0.25) is 5.91 Å². The van der Waals surface area contributed by atoms with Crippen molar-refractivity contribution in [2.75, 3.05) is 43.9 Å². The van der Waals surface area contributed by atoms with Crippen molar-refractivity contribution < 1.29 is 4.79 Å². The quantitative estimate of drug-likeness (QED) is 0.824. The second kappa shape index (κ2) is 6.06. The van der Waals surface area contributed by atoms with Crippen LogP contribution in [0, 0.1) is 0 Å². The molecule has 1 saturated heterocycles. The van der Waals surface area contributed by atoms with E-state index in [1.54, 1.807) is 7.05 Å². The molecule has 0 saturated carbocycles. The molecule has 1 aliphatic heterocycles. The number of anilines is 2. The standard InChI is InChI=1S/C12H18ClN5O/c1-14-10-11(13)15-8-16-12(10)17(2)6-7-18-5-3-4-9(18)19/h8,14H,3-7H2,1-2H3. The highest BCUT2D eigenvalue weighted by Gasteiger charge is 2.20. The highest BCUT2D eigenvalue weighted by Crippen LogP contribution is 2.27. The fourth-order valence-corrected chi connectivity index (χ4v) is 2.40. The number of rotatable bonds is 5. The third kappa shape index (κ3) is 3.07. The zero-order chi connectivity index (χ0) is 13.8. The van der Waals surface area contributed by atoms with E-state index in [0.717, 1.165) is 18.8 Å². The lowest BCUT2D eigenvalue weighted by molar-refractivity contribution is -0.127. The van der Waals surface area contributed by atoms with E-state index in [1.807, 2.05) is 16.8 Å². The van der Waals surface area contributed by atoms with Crippen molar-refractivity contribution >= 4 is 29.0 Å². The molecule has 1 aromatic heterocycles. The van der Waals surface area contributed by atoms with E-state index in [2.05, 4.69) is 15.3 Å². The third-order valence-corrected chi connectivity index (χ3v) is 3.56. The van der Waals surface area contributed by atoms with Gasteiger partial charge in [0.15, 0.2) is 11.0 Å². The minimum absolute atomic E-state index is 0.239. The Morgan fingerprint density at radius 1 is 1.53 bits per heavy atom. The molecule has 7 heteroatoms. The summed E-state index contributed by atoms with van der Waals surface area (Å²) in [4.78, 5) is 23.6. The van der Waals surface area contributed by atoms with Gasteiger partial charge in [0.1, 0.15) is 12.0 Å². The van der Waals surface area contributed by atoms with Crippen molar-refractivity contribution in [1.82, 2.24) is 14.9 Å². The fraction of sp³-hybridized carbons (Fsp3) is 0.583. The summed E-state index contributed by atoms with van der Waals surface area (Å²) in [5, 5.41) is 3.40. The van der Waals surface area contributed by atoms with Crippen LogP contribution in [0.25, 0.3) is 0 Å². The molecule has 6 nitrogen and oxygen atoms in total. The van der Waals surface area contributed by atoms with Crippen molar-refractivity contribution in [1.29, 1.82) is 0 Å². The number of likely N-dealkylation sites (N-methyl/N-ethyl adjacent to an activating group) is 1. The van der Waals surface area contributed by atoms with Crippen LogP contribution in [0.3, 0.4) is 0 Å². The molecule has 0 atom stereocenters. The Morgan fingerprint density at radius 2 is 2.32 bits per heavy atom. The van der Waals surface area contributed by atoms with Crippen LogP contribution in [0.1, 0.15) is 12.8 Å². The molecular formula is C12H18ClN5O. The normalized spacial score (nSPS) is 14.9. The van der Waals surface area contributed by atoms with Crippen LogP contribution in [0.4, 0.5) is 11.5 Å². The Balaban J connectivity index is 2.01. The van der Waals surface area contributed by atoms with Crippen LogP contribution in [0.2, 0.25) is 5.15 Å². The van der Waals surface area contributed by atoms with Crippen LogP contribution >= 0.6 is 11.6 Å². The lowest BCUT2D eigenvalue weighted by Crippen LogP contribution is -2.34. The SMILES string of the molecule is CNc1c(Cl)ncnc1N(C)CCN1CCCC1=O. The average molecular weight is 284 g/mol. The Bertz CT molecular complexity index is 467. The molecule has 2 rings (SSSR count). The minimum atomic E-state index is 0.239. The molecule has 104 valence electrons. The molecular weight excluding hydrogens is 266 g/mol. The summed E-state index contributed by atoms with van der Waals surface area (Å²) >= 11 is 6.02. The lowest BCUT2D eigenvalue weighted by Gasteiger charge is -2.24. The van der Waals surface area contributed by atoms with E-state index < -0.39 is 0 Å². The van der Waals surface area contributed by atoms with Gasteiger partial charge < -0.3 is 15.1 Å². The maximum atomic E-state index is 11.5. The van der Waals surface area contributed by atoms with Crippen LogP contribution in [0.15, 0.2) is 6.33 Å². The van der Waals surface area contributed by atoms with Crippen molar-refractivity contribution in [2.24, 2.45) is 0 Å². The minimum Gasteiger partial charge on any atom is -0.383 e. The largest absolute Gasteiger partial charge is 0.383 e. The van der Waals surface area contributed by atoms with E-state index in [9.17, 15) is 4.79 Å². The van der Waals surface area contributed by atoms with E-state index in [0.29, 0.717) is 30.4 Å². The number of nitrogens with one attached hydrogen (secondary N) is 1. The number of halogens is 1. The molecule has 0 radical (unpaired) electrons. The first-order chi connectivity index (χ1) is 9.13. The summed E-state index contributed by atoms with van der Waals surface area (Å²) in [6, 6.07) is 0. The smallest absolute Gasteiger partial charge is 0.222 e. The molecule has 0 aliphatic carbocycles. The molecule has 0 bridgehead atoms. The van der Waals surface area contributed by atoms with Gasteiger partial charge in [-0.2, -0.15) is 0 Å². The number of carbonyl (C=O) groups excluding carboxylic acids is 1. The molecule has 0 spiro atoms. The summed E-state index contributed by atoms with van der Waals surface area (Å²) in [5.74, 6) is 0.983. The monoisotopic (exact) mass is 283 g/mol. The summed E-state index contributed by atoms with van der Waals surface area (Å²) < 4.78 is 0. The number of aromatic nitrogens is 2. The van der Waals surface area contributed by atoms with E-state index in [1.165, 1.54) is 6.33 Å². The van der Waals surface area contributed by atoms with Crippen LogP contribution < -0.4 is 10.2 Å². The van der Waals surface area contributed by atoms with E-state index in [4.69, 9.17) is 11.6 Å². The number of amides is 1. The summed E-state index contributed by atoms with van der Waals surface area (Å²) in [6.45, 7) is 2.28. The van der Waals surface area contributed by atoms with Crippen molar-refractivity contribution in [3.8, 4) is 0 Å². The summed E-state index contributed by atoms with van der Waals surface area (Å²) in [5.41, 5.74) is 0.708. The van der Waals surface area contributed by atoms with Crippen molar-refractivity contribution in [2.45, 2.75) is 12.8 Å². The second-order valence-electron chi connectivity index (χ2n) is 4.52. The number of hydrogen-bond donors (Lipinski definition) is 1. The van der Waals surface area contributed by atoms with Crippen molar-refractivity contribution in [3.63, 3.8) is 0 Å². The average Bonchev–Trinajstić information content (AvgIpc) is 2.81. The first-order valence-corrected chi connectivity index (χ1v) is 6.68. The zero-order valence-electron chi connectivity index (χ0n) is 11.2. The Labute approximate surface area is 117 Å². The molecule has 1 amide bonds. The fourth-order valence-electron chi connectivity index (χ4n) is 2.18. The first kappa shape index (κ1) is 13.9. The van der Waals surface area contributed by atoms with Gasteiger partial charge >= 0.3 is 0 Å². The predicted octanol–water partition coefficient (Wildman–Crippen LogP) is 1.23. The van der Waals surface area contributed by atoms with Gasteiger partial charge in [-0.05, 0) is 6.42 Å². The van der Waals surface area contributed by atoms with Gasteiger partial charge in [0.05, 0.1) is 0 Å². The number of likely N-dealkylation sites (tertiary alicyclic amines) is 1. The van der Waals surface area contributed by atoms with Crippen LogP contribution in [-0.2, 0) is 4.79 Å². The molecule has 0 unspecified atom stereocenters. The Kier molecular flexibility index (Phi) is 4.42. The van der Waals surface area contributed by atoms with E-state index in [-0.39, 0.29) is 5.91 Å². The topological polar surface area (TPSA) is 61.4 Å². The number of hydrogen-bond acceptors (Lipinski definition) is 5. The van der Waals surface area contributed by atoms with Gasteiger partial charge in [0, 0.05) is 40.2 Å². The molecule has 1 fully saturated rings. The molecule has 0 aromatic carbocycles. The van der Waals surface area contributed by atoms with Gasteiger partial charge in [-0.1, -0.05) is 11.6 Å². The van der Waals surface area contributed by atoms with Gasteiger partial charge in [-0.3, -0.25) is 4.79 Å². The Hall–Kier alpha value is -1.56. The predicted molar refractivity (Wildman–Crippen MR) is 75.7 cm³/mol. The highest BCUT2D eigenvalue weighted by molar-refractivity contribution is 6.32. The summed E-state index contributed by atoms with van der Waals surface area (Å²) in [7, 11) is 3.71. The van der Waals surface area contributed by atoms with Gasteiger partial charge in [-0.25, -0.2) is 9.97 Å². The van der Waals surface area contributed by atoms with Crippen LogP contribution in [-0.4, -0.2) is 54.5 Å². The lowest BCUT2D eigenvalue weighted by atomic mass is 10.4. The van der Waals surface area contributed by atoms with Gasteiger partial charge in [0.25, 0.3) is 0 Å². The zero-order valence-corrected chi connectivity index (χ0v) is 11.9. The summed E-state index contributed by atoms with van der Waals surface area (Å²) in [6.07, 6.45) is 3.07. The maximum Gasteiger partial charge on any atom is 0.222 e. The maximum absolute atomic E-state index is 11.5. The molecule has 2 heterocycles. The number of carbonyl (C=O) groups is 1. The molecule has 1 aliphatic rings. The highest BCUT2D eigenvalue weighted by atomic mass is 35.5. The molecule has 1 aromatic rings.